The Hall–Kier alpha value is -3.13. The van der Waals surface area contributed by atoms with Crippen LogP contribution in [0.1, 0.15) is 19.3 Å². The molecule has 2 saturated heterocycles. The maximum Gasteiger partial charge on any atom is 0.243 e. The second kappa shape index (κ2) is 11.8. The molecule has 0 spiro atoms. The molecule has 2 aromatic rings. The fraction of sp³-hybridized carbons (Fsp3) is 0.462. The molecule has 2 fully saturated rings. The topological polar surface area (TPSA) is 63.7 Å². The summed E-state index contributed by atoms with van der Waals surface area (Å²) >= 11 is 0. The second-order valence-electron chi connectivity index (χ2n) is 8.99. The average molecular weight is 467 g/mol. The number of pyridine rings is 1. The van der Waals surface area contributed by atoms with Gasteiger partial charge in [-0.3, -0.25) is 9.69 Å². The molecule has 0 bridgehead atoms. The van der Waals surface area contributed by atoms with E-state index in [0.29, 0.717) is 6.54 Å². The van der Waals surface area contributed by atoms with E-state index in [4.69, 9.17) is 0 Å². The third kappa shape index (κ3) is 6.70. The highest BCUT2D eigenvalue weighted by Gasteiger charge is 2.22. The number of amides is 1. The smallest absolute Gasteiger partial charge is 0.243 e. The highest BCUT2D eigenvalue weighted by atomic mass is 19.1. The molecule has 34 heavy (non-hydrogen) atoms. The van der Waals surface area contributed by atoms with Crippen molar-refractivity contribution in [2.45, 2.75) is 25.3 Å². The minimum absolute atomic E-state index is 0.109. The van der Waals surface area contributed by atoms with E-state index in [9.17, 15) is 9.18 Å². The highest BCUT2D eigenvalue weighted by molar-refractivity contribution is 5.86. The summed E-state index contributed by atoms with van der Waals surface area (Å²) in [6, 6.07) is 11.3. The van der Waals surface area contributed by atoms with E-state index in [2.05, 4.69) is 49.0 Å². The lowest BCUT2D eigenvalue weighted by molar-refractivity contribution is -0.116. The van der Waals surface area contributed by atoms with Crippen LogP contribution in [-0.2, 0) is 4.79 Å². The van der Waals surface area contributed by atoms with E-state index >= 15 is 0 Å². The summed E-state index contributed by atoms with van der Waals surface area (Å²) in [4.78, 5) is 22.9. The Labute approximate surface area is 201 Å². The Kier molecular flexibility index (Phi) is 8.36. The number of nitrogens with zero attached hydrogens (tertiary/aromatic N) is 4. The molecule has 1 atom stereocenters. The molecule has 1 aromatic heterocycles. The summed E-state index contributed by atoms with van der Waals surface area (Å²) in [5.41, 5.74) is 2.13. The summed E-state index contributed by atoms with van der Waals surface area (Å²) < 4.78 is 13.7. The predicted molar refractivity (Wildman–Crippen MR) is 136 cm³/mol. The third-order valence-corrected chi connectivity index (χ3v) is 6.56. The van der Waals surface area contributed by atoms with Crippen LogP contribution in [0.5, 0.6) is 0 Å². The number of halogens is 1. The van der Waals surface area contributed by atoms with Gasteiger partial charge in [0, 0.05) is 75.5 Å². The first kappa shape index (κ1) is 24.0. The number of carbonyl (C=O) groups excluding carboxylic acids is 1. The van der Waals surface area contributed by atoms with Crippen LogP contribution >= 0.6 is 0 Å². The number of piperidine rings is 1. The lowest BCUT2D eigenvalue weighted by Crippen LogP contribution is -2.47. The van der Waals surface area contributed by atoms with Crippen LogP contribution < -0.4 is 20.4 Å². The molecule has 4 rings (SSSR count). The Bertz CT molecular complexity index is 962. The van der Waals surface area contributed by atoms with Crippen LogP contribution in [0.4, 0.5) is 21.6 Å². The van der Waals surface area contributed by atoms with Gasteiger partial charge < -0.3 is 20.4 Å². The summed E-state index contributed by atoms with van der Waals surface area (Å²) in [6.45, 7) is 10.9. The van der Waals surface area contributed by atoms with Crippen molar-refractivity contribution >= 4 is 23.1 Å². The molecule has 0 saturated carbocycles. The number of benzene rings is 1. The Morgan fingerprint density at radius 2 is 1.94 bits per heavy atom. The normalized spacial score (nSPS) is 19.0. The average Bonchev–Trinajstić information content (AvgIpc) is 2.87. The van der Waals surface area contributed by atoms with Gasteiger partial charge in [0.05, 0.1) is 0 Å². The Balaban J connectivity index is 1.25. The number of carbonyl (C=O) groups is 1. The van der Waals surface area contributed by atoms with Gasteiger partial charge in [0.15, 0.2) is 0 Å². The molecule has 3 heterocycles. The lowest BCUT2D eigenvalue weighted by atomic mass is 10.0. The van der Waals surface area contributed by atoms with Gasteiger partial charge in [0.1, 0.15) is 11.6 Å². The molecular weight excluding hydrogens is 431 g/mol. The number of hydrogen-bond acceptors (Lipinski definition) is 6. The molecule has 1 amide bonds. The van der Waals surface area contributed by atoms with E-state index in [1.54, 1.807) is 12.1 Å². The number of piperazine rings is 1. The predicted octanol–water partition coefficient (Wildman–Crippen LogP) is 3.12. The second-order valence-corrected chi connectivity index (χ2v) is 8.99. The summed E-state index contributed by atoms with van der Waals surface area (Å²) in [5, 5.41) is 6.44. The maximum atomic E-state index is 13.7. The van der Waals surface area contributed by atoms with Crippen LogP contribution in [0.2, 0.25) is 0 Å². The number of nitrogens with one attached hydrogen (secondary N) is 2. The zero-order valence-corrected chi connectivity index (χ0v) is 19.8. The fourth-order valence-electron chi connectivity index (χ4n) is 4.72. The van der Waals surface area contributed by atoms with Crippen molar-refractivity contribution in [2.75, 3.05) is 67.5 Å². The minimum Gasteiger partial charge on any atom is -0.369 e. The maximum absolute atomic E-state index is 13.7. The minimum atomic E-state index is -0.193. The standard InChI is InChI=1S/C26H35FN6O/c1-2-26(34)29-10-5-12-31-14-16-32(17-15-31)24-9-11-28-25(19-24)30-22-7-4-13-33(20-22)23-8-3-6-21(27)18-23/h2-3,6,8-9,11,18-19,22H,1,4-5,7,10,12-17,20H2,(H,28,30)(H,29,34)/t22-/m1/s1. The molecule has 0 aliphatic carbocycles. The fourth-order valence-corrected chi connectivity index (χ4v) is 4.72. The highest BCUT2D eigenvalue weighted by Crippen LogP contribution is 2.24. The van der Waals surface area contributed by atoms with E-state index < -0.39 is 0 Å². The number of anilines is 3. The first-order chi connectivity index (χ1) is 16.6. The zero-order valence-electron chi connectivity index (χ0n) is 19.8. The van der Waals surface area contributed by atoms with E-state index in [1.807, 2.05) is 12.3 Å². The molecule has 2 aliphatic rings. The van der Waals surface area contributed by atoms with Crippen LogP contribution in [0.15, 0.2) is 55.3 Å². The van der Waals surface area contributed by atoms with Crippen molar-refractivity contribution in [2.24, 2.45) is 0 Å². The molecule has 8 heteroatoms. The van der Waals surface area contributed by atoms with Gasteiger partial charge in [0.2, 0.25) is 5.91 Å². The summed E-state index contributed by atoms with van der Waals surface area (Å²) in [7, 11) is 0. The largest absolute Gasteiger partial charge is 0.369 e. The first-order valence-corrected chi connectivity index (χ1v) is 12.2. The number of rotatable bonds is 9. The zero-order chi connectivity index (χ0) is 23.8. The molecule has 1 aromatic carbocycles. The molecule has 182 valence electrons. The van der Waals surface area contributed by atoms with Crippen molar-refractivity contribution in [3.63, 3.8) is 0 Å². The molecule has 0 radical (unpaired) electrons. The summed E-state index contributed by atoms with van der Waals surface area (Å²) in [6.07, 6.45) is 6.26. The Morgan fingerprint density at radius 1 is 1.12 bits per heavy atom. The molecule has 2 aliphatic heterocycles. The van der Waals surface area contributed by atoms with Gasteiger partial charge in [-0.2, -0.15) is 0 Å². The molecule has 2 N–H and O–H groups in total. The van der Waals surface area contributed by atoms with Gasteiger partial charge in [-0.05, 0) is 56.1 Å². The van der Waals surface area contributed by atoms with E-state index in [-0.39, 0.29) is 17.8 Å². The van der Waals surface area contributed by atoms with Crippen LogP contribution in [0.3, 0.4) is 0 Å². The quantitative estimate of drug-likeness (QED) is 0.437. The van der Waals surface area contributed by atoms with Gasteiger partial charge in [-0.1, -0.05) is 12.6 Å². The van der Waals surface area contributed by atoms with Gasteiger partial charge in [-0.15, -0.1) is 0 Å². The first-order valence-electron chi connectivity index (χ1n) is 12.2. The van der Waals surface area contributed by atoms with Crippen molar-refractivity contribution in [1.29, 1.82) is 0 Å². The van der Waals surface area contributed by atoms with Gasteiger partial charge in [0.25, 0.3) is 0 Å². The van der Waals surface area contributed by atoms with E-state index in [0.717, 1.165) is 76.6 Å². The van der Waals surface area contributed by atoms with Crippen molar-refractivity contribution in [1.82, 2.24) is 15.2 Å². The van der Waals surface area contributed by atoms with E-state index in [1.165, 1.54) is 17.8 Å². The van der Waals surface area contributed by atoms with Crippen molar-refractivity contribution in [3.8, 4) is 0 Å². The summed E-state index contributed by atoms with van der Waals surface area (Å²) in [5.74, 6) is 0.590. The van der Waals surface area contributed by atoms with Gasteiger partial charge in [-0.25, -0.2) is 9.37 Å². The lowest BCUT2D eigenvalue weighted by Gasteiger charge is -2.37. The monoisotopic (exact) mass is 466 g/mol. The van der Waals surface area contributed by atoms with Crippen LogP contribution in [-0.4, -0.2) is 74.2 Å². The SMILES string of the molecule is C=CC(=O)NCCCN1CCN(c2ccnc(N[C@@H]3CCCN(c4cccc(F)c4)C3)c2)CC1. The number of hydrogen-bond donors (Lipinski definition) is 2. The Morgan fingerprint density at radius 3 is 2.74 bits per heavy atom. The molecular formula is C26H35FN6O. The van der Waals surface area contributed by atoms with Gasteiger partial charge >= 0.3 is 0 Å². The van der Waals surface area contributed by atoms with Crippen LogP contribution in [0, 0.1) is 5.82 Å². The number of aromatic nitrogens is 1. The van der Waals surface area contributed by atoms with Crippen LogP contribution in [0.25, 0.3) is 0 Å². The molecule has 0 unspecified atom stereocenters. The molecule has 7 nitrogen and oxygen atoms in total. The third-order valence-electron chi connectivity index (χ3n) is 6.56. The van der Waals surface area contributed by atoms with Crippen molar-refractivity contribution < 1.29 is 9.18 Å². The van der Waals surface area contributed by atoms with Crippen molar-refractivity contribution in [3.05, 3.63) is 61.1 Å².